The third-order valence-corrected chi connectivity index (χ3v) is 6.90. The number of anilines is 2. The smallest absolute Gasteiger partial charge is 0.320 e. The molecule has 0 radical (unpaired) electrons. The summed E-state index contributed by atoms with van der Waals surface area (Å²) in [5.41, 5.74) is 3.58. The number of hydrogen-bond donors (Lipinski definition) is 1. The Bertz CT molecular complexity index is 1300. The number of nitrogens with zero attached hydrogens (tertiary/aromatic N) is 3. The van der Waals surface area contributed by atoms with Crippen LogP contribution in [-0.2, 0) is 16.6 Å². The average Bonchev–Trinajstić information content (AvgIpc) is 2.81. The van der Waals surface area contributed by atoms with Gasteiger partial charge in [0.05, 0.1) is 16.5 Å². The van der Waals surface area contributed by atoms with Gasteiger partial charge in [0.25, 0.3) is 10.0 Å². The van der Waals surface area contributed by atoms with Gasteiger partial charge >= 0.3 is 6.03 Å². The number of aryl methyl sites for hydroxylation is 1. The van der Waals surface area contributed by atoms with Gasteiger partial charge < -0.3 is 4.90 Å². The summed E-state index contributed by atoms with van der Waals surface area (Å²) in [7, 11) is -3.69. The Balaban J connectivity index is 1.46. The molecule has 0 aromatic heterocycles. The van der Waals surface area contributed by atoms with E-state index in [2.05, 4.69) is 10.8 Å². The monoisotopic (exact) mass is 460 g/mol. The fourth-order valence-electron chi connectivity index (χ4n) is 3.77. The molecule has 0 aliphatic carbocycles. The van der Waals surface area contributed by atoms with Crippen molar-refractivity contribution in [1.29, 1.82) is 5.26 Å². The second-order valence-corrected chi connectivity index (χ2v) is 9.67. The van der Waals surface area contributed by atoms with Gasteiger partial charge in [0.15, 0.2) is 0 Å². The molecule has 33 heavy (non-hydrogen) atoms. The number of rotatable bonds is 6. The van der Waals surface area contributed by atoms with Crippen molar-refractivity contribution in [3.05, 3.63) is 89.5 Å². The largest absolute Gasteiger partial charge is 0.324 e. The highest BCUT2D eigenvalue weighted by Gasteiger charge is 2.27. The van der Waals surface area contributed by atoms with Crippen LogP contribution < -0.4 is 9.62 Å². The molecule has 168 valence electrons. The summed E-state index contributed by atoms with van der Waals surface area (Å²) in [5.74, 6) is 0. The van der Waals surface area contributed by atoms with E-state index in [1.165, 1.54) is 0 Å². The van der Waals surface area contributed by atoms with Gasteiger partial charge in [-0.2, -0.15) is 5.26 Å². The Labute approximate surface area is 193 Å². The van der Waals surface area contributed by atoms with E-state index in [9.17, 15) is 13.2 Å². The van der Waals surface area contributed by atoms with E-state index < -0.39 is 10.0 Å². The molecule has 3 aromatic rings. The maximum atomic E-state index is 13.1. The molecule has 1 fully saturated rings. The maximum Gasteiger partial charge on any atom is 0.324 e. The van der Waals surface area contributed by atoms with Crippen molar-refractivity contribution in [1.82, 2.24) is 4.90 Å². The highest BCUT2D eigenvalue weighted by molar-refractivity contribution is 7.92. The van der Waals surface area contributed by atoms with Crippen LogP contribution in [0.5, 0.6) is 0 Å². The summed E-state index contributed by atoms with van der Waals surface area (Å²) < 4.78 is 27.8. The first-order valence-corrected chi connectivity index (χ1v) is 12.1. The fraction of sp³-hybridized carbons (Fsp3) is 0.200. The Morgan fingerprint density at radius 2 is 1.73 bits per heavy atom. The Hall–Kier alpha value is -3.83. The summed E-state index contributed by atoms with van der Waals surface area (Å²) in [6.45, 7) is 3.55. The van der Waals surface area contributed by atoms with Crippen molar-refractivity contribution >= 4 is 27.4 Å². The Morgan fingerprint density at radius 1 is 1.00 bits per heavy atom. The lowest BCUT2D eigenvalue weighted by Crippen LogP contribution is -2.49. The number of urea groups is 1. The first-order chi connectivity index (χ1) is 15.9. The molecule has 7 nitrogen and oxygen atoms in total. The Kier molecular flexibility index (Phi) is 6.33. The zero-order valence-electron chi connectivity index (χ0n) is 18.2. The second-order valence-electron chi connectivity index (χ2n) is 7.99. The minimum Gasteiger partial charge on any atom is -0.320 e. The number of carbonyl (C=O) groups is 1. The first-order valence-electron chi connectivity index (χ1n) is 10.6. The number of carbonyl (C=O) groups excluding carboxylic acids is 1. The molecule has 0 saturated carbocycles. The van der Waals surface area contributed by atoms with E-state index in [1.807, 2.05) is 19.1 Å². The lowest BCUT2D eigenvalue weighted by molar-refractivity contribution is 0.192. The molecule has 1 heterocycles. The molecule has 0 atom stereocenters. The van der Waals surface area contributed by atoms with Crippen LogP contribution in [0.3, 0.4) is 0 Å². The Morgan fingerprint density at radius 3 is 2.42 bits per heavy atom. The number of sulfonamides is 1. The molecule has 0 bridgehead atoms. The summed E-state index contributed by atoms with van der Waals surface area (Å²) in [5, 5.41) is 9.10. The number of hydrogen-bond acceptors (Lipinski definition) is 4. The van der Waals surface area contributed by atoms with Gasteiger partial charge in [0.1, 0.15) is 0 Å². The standard InChI is InChI=1S/C25H24N4O3S/c1-19-6-12-24(13-7-19)33(31,32)27-22-8-10-23(11-9-22)29-15-3-14-28(25(29)30)18-21-5-2-4-20(16-21)17-26/h2,4-13,16,27H,3,14-15,18H2,1H3. The number of nitriles is 1. The van der Waals surface area contributed by atoms with Gasteiger partial charge in [0, 0.05) is 31.0 Å². The van der Waals surface area contributed by atoms with Gasteiger partial charge in [-0.3, -0.25) is 9.62 Å². The first kappa shape index (κ1) is 22.4. The van der Waals surface area contributed by atoms with Crippen molar-refractivity contribution in [2.75, 3.05) is 22.7 Å². The molecule has 1 N–H and O–H groups in total. The molecular formula is C25H24N4O3S. The van der Waals surface area contributed by atoms with Crippen LogP contribution in [0, 0.1) is 18.3 Å². The number of benzene rings is 3. The highest BCUT2D eigenvalue weighted by atomic mass is 32.2. The van der Waals surface area contributed by atoms with Gasteiger partial charge in [0.2, 0.25) is 0 Å². The minimum absolute atomic E-state index is 0.114. The predicted octanol–water partition coefficient (Wildman–Crippen LogP) is 4.50. The van der Waals surface area contributed by atoms with E-state index in [0.29, 0.717) is 36.6 Å². The zero-order chi connectivity index (χ0) is 23.4. The van der Waals surface area contributed by atoms with Gasteiger partial charge in [-0.25, -0.2) is 13.2 Å². The van der Waals surface area contributed by atoms with Crippen molar-refractivity contribution in [3.8, 4) is 6.07 Å². The molecule has 0 spiro atoms. The molecule has 3 aromatic carbocycles. The van der Waals surface area contributed by atoms with Gasteiger partial charge in [-0.15, -0.1) is 0 Å². The van der Waals surface area contributed by atoms with Gasteiger partial charge in [-0.1, -0.05) is 29.8 Å². The molecule has 4 rings (SSSR count). The van der Waals surface area contributed by atoms with E-state index in [0.717, 1.165) is 17.5 Å². The normalized spacial score (nSPS) is 14.1. The minimum atomic E-state index is -3.69. The van der Waals surface area contributed by atoms with Gasteiger partial charge in [-0.05, 0) is 67.4 Å². The lowest BCUT2D eigenvalue weighted by atomic mass is 10.1. The summed E-state index contributed by atoms with van der Waals surface area (Å²) in [4.78, 5) is 16.7. The van der Waals surface area contributed by atoms with Crippen LogP contribution in [0.15, 0.2) is 77.7 Å². The molecular weight excluding hydrogens is 436 g/mol. The van der Waals surface area contributed by atoms with Crippen LogP contribution >= 0.6 is 0 Å². The molecule has 1 aliphatic rings. The van der Waals surface area contributed by atoms with Crippen LogP contribution in [0.4, 0.5) is 16.2 Å². The van der Waals surface area contributed by atoms with Crippen LogP contribution in [0.2, 0.25) is 0 Å². The van der Waals surface area contributed by atoms with Crippen molar-refractivity contribution < 1.29 is 13.2 Å². The van der Waals surface area contributed by atoms with Crippen LogP contribution in [0.1, 0.15) is 23.1 Å². The molecule has 1 aliphatic heterocycles. The average molecular weight is 461 g/mol. The van der Waals surface area contributed by atoms with Crippen molar-refractivity contribution in [2.45, 2.75) is 24.8 Å². The summed E-state index contributed by atoms with van der Waals surface area (Å²) >= 11 is 0. The molecule has 2 amide bonds. The van der Waals surface area contributed by atoms with E-state index in [1.54, 1.807) is 70.5 Å². The van der Waals surface area contributed by atoms with E-state index in [4.69, 9.17) is 5.26 Å². The van der Waals surface area contributed by atoms with Crippen LogP contribution in [-0.4, -0.2) is 32.4 Å². The van der Waals surface area contributed by atoms with Crippen molar-refractivity contribution in [3.63, 3.8) is 0 Å². The van der Waals surface area contributed by atoms with Crippen molar-refractivity contribution in [2.24, 2.45) is 0 Å². The molecule has 0 unspecified atom stereocenters. The number of amides is 2. The number of nitrogens with one attached hydrogen (secondary N) is 1. The van der Waals surface area contributed by atoms with E-state index in [-0.39, 0.29) is 10.9 Å². The molecule has 8 heteroatoms. The topological polar surface area (TPSA) is 93.5 Å². The highest BCUT2D eigenvalue weighted by Crippen LogP contribution is 2.25. The fourth-order valence-corrected chi connectivity index (χ4v) is 4.83. The van der Waals surface area contributed by atoms with Crippen LogP contribution in [0.25, 0.3) is 0 Å². The predicted molar refractivity (Wildman–Crippen MR) is 127 cm³/mol. The maximum absolute atomic E-state index is 13.1. The van der Waals surface area contributed by atoms with E-state index >= 15 is 0 Å². The lowest BCUT2D eigenvalue weighted by Gasteiger charge is -2.35. The quantitative estimate of drug-likeness (QED) is 0.586. The third kappa shape index (κ3) is 5.16. The third-order valence-electron chi connectivity index (χ3n) is 5.50. The molecule has 1 saturated heterocycles. The SMILES string of the molecule is Cc1ccc(S(=O)(=O)Nc2ccc(N3CCCN(Cc4cccc(C#N)c4)C3=O)cc2)cc1. The summed E-state index contributed by atoms with van der Waals surface area (Å²) in [6.07, 6.45) is 0.811. The summed E-state index contributed by atoms with van der Waals surface area (Å²) in [6, 6.07) is 22.7. The second kappa shape index (κ2) is 9.35. The zero-order valence-corrected chi connectivity index (χ0v) is 19.0.